The van der Waals surface area contributed by atoms with E-state index in [1.807, 2.05) is 0 Å². The van der Waals surface area contributed by atoms with Gasteiger partial charge in [0.2, 0.25) is 0 Å². The number of carboxylic acid groups (broad SMARTS) is 1. The summed E-state index contributed by atoms with van der Waals surface area (Å²) in [6.45, 7) is -1.51. The summed E-state index contributed by atoms with van der Waals surface area (Å²) in [6.07, 6.45) is -4.41. The summed E-state index contributed by atoms with van der Waals surface area (Å²) in [5, 5.41) is 8.45. The highest BCUT2D eigenvalue weighted by molar-refractivity contribution is 7.87. The molecule has 1 fully saturated rings. The molecule has 2 N–H and O–H groups in total. The highest BCUT2D eigenvalue weighted by atomic mass is 32.2. The topological polar surface area (TPSA) is 95.9 Å². The lowest BCUT2D eigenvalue weighted by Crippen LogP contribution is -2.48. The van der Waals surface area contributed by atoms with Crippen LogP contribution in [0.1, 0.15) is 19.3 Å². The molecule has 0 spiro atoms. The van der Waals surface area contributed by atoms with Crippen LogP contribution in [0, 0.1) is 0 Å². The number of nitrogens with zero attached hydrogens (tertiary/aromatic N) is 1. The highest BCUT2D eigenvalue weighted by Crippen LogP contribution is 2.18. The number of carboxylic acids is 1. The number of hydrogen-bond acceptors (Lipinski definition) is 4. The number of ether oxygens (including phenoxy) is 1. The van der Waals surface area contributed by atoms with Gasteiger partial charge in [0.1, 0.15) is 6.54 Å². The van der Waals surface area contributed by atoms with Crippen molar-refractivity contribution in [3.05, 3.63) is 0 Å². The van der Waals surface area contributed by atoms with Gasteiger partial charge in [0.05, 0.1) is 19.1 Å². The molecular weight excluding hydrogens is 317 g/mol. The summed E-state index contributed by atoms with van der Waals surface area (Å²) in [4.78, 5) is 10.3. The average molecular weight is 334 g/mol. The van der Waals surface area contributed by atoms with E-state index in [0.29, 0.717) is 12.8 Å². The summed E-state index contributed by atoms with van der Waals surface area (Å²) >= 11 is 0. The van der Waals surface area contributed by atoms with Crippen molar-refractivity contribution >= 4 is 16.2 Å². The van der Waals surface area contributed by atoms with E-state index in [4.69, 9.17) is 9.84 Å². The lowest BCUT2D eigenvalue weighted by Gasteiger charge is -2.31. The quantitative estimate of drug-likeness (QED) is 0.700. The van der Waals surface area contributed by atoms with Gasteiger partial charge in [0.15, 0.2) is 0 Å². The van der Waals surface area contributed by atoms with E-state index in [9.17, 15) is 26.4 Å². The van der Waals surface area contributed by atoms with Crippen LogP contribution in [0.2, 0.25) is 0 Å². The first-order valence-corrected chi connectivity index (χ1v) is 7.69. The van der Waals surface area contributed by atoms with Crippen molar-refractivity contribution in [3.8, 4) is 0 Å². The molecule has 124 valence electrons. The molecule has 0 aliphatic carbocycles. The smallest absolute Gasteiger partial charge is 0.402 e. The largest absolute Gasteiger partial charge is 0.481 e. The van der Waals surface area contributed by atoms with E-state index in [2.05, 4.69) is 0 Å². The third-order valence-electron chi connectivity index (χ3n) is 2.87. The van der Waals surface area contributed by atoms with E-state index in [1.54, 1.807) is 0 Å². The summed E-state index contributed by atoms with van der Waals surface area (Å²) in [6, 6.07) is 0. The van der Waals surface area contributed by atoms with E-state index in [-0.39, 0.29) is 32.2 Å². The Morgan fingerprint density at radius 2 is 1.90 bits per heavy atom. The van der Waals surface area contributed by atoms with Crippen molar-refractivity contribution in [2.75, 3.05) is 26.2 Å². The van der Waals surface area contributed by atoms with Crippen molar-refractivity contribution in [3.63, 3.8) is 0 Å². The third-order valence-corrected chi connectivity index (χ3v) is 4.42. The van der Waals surface area contributed by atoms with E-state index in [1.165, 1.54) is 4.72 Å². The van der Waals surface area contributed by atoms with Gasteiger partial charge < -0.3 is 9.84 Å². The molecule has 11 heteroatoms. The molecule has 0 aromatic rings. The SMILES string of the molecule is O=C(O)CCOC1CCN(S(=O)(=O)NCC(F)(F)F)CC1. The maximum Gasteiger partial charge on any atom is 0.402 e. The van der Waals surface area contributed by atoms with Gasteiger partial charge in [0.25, 0.3) is 10.2 Å². The van der Waals surface area contributed by atoms with Crippen molar-refractivity contribution in [1.29, 1.82) is 0 Å². The number of piperidine rings is 1. The Hall–Kier alpha value is -0.910. The van der Waals surface area contributed by atoms with Crippen molar-refractivity contribution in [2.45, 2.75) is 31.5 Å². The van der Waals surface area contributed by atoms with Gasteiger partial charge in [-0.05, 0) is 12.8 Å². The van der Waals surface area contributed by atoms with Crippen molar-refractivity contribution in [1.82, 2.24) is 9.03 Å². The zero-order valence-electron chi connectivity index (χ0n) is 11.1. The van der Waals surface area contributed by atoms with E-state index < -0.39 is 28.9 Å². The maximum absolute atomic E-state index is 12.0. The van der Waals surface area contributed by atoms with Crippen LogP contribution in [-0.2, 0) is 19.7 Å². The highest BCUT2D eigenvalue weighted by Gasteiger charge is 2.33. The molecule has 1 rings (SSSR count). The molecule has 1 heterocycles. The number of alkyl halides is 3. The molecule has 0 atom stereocenters. The lowest BCUT2D eigenvalue weighted by atomic mass is 10.1. The minimum Gasteiger partial charge on any atom is -0.481 e. The number of nitrogens with one attached hydrogen (secondary N) is 1. The number of carbonyl (C=O) groups is 1. The lowest BCUT2D eigenvalue weighted by molar-refractivity contribution is -0.138. The van der Waals surface area contributed by atoms with E-state index >= 15 is 0 Å². The molecule has 0 aromatic heterocycles. The molecule has 1 saturated heterocycles. The zero-order chi connectivity index (χ0) is 16.1. The number of halogens is 3. The molecule has 0 unspecified atom stereocenters. The molecule has 21 heavy (non-hydrogen) atoms. The van der Waals surface area contributed by atoms with Gasteiger partial charge in [-0.1, -0.05) is 0 Å². The number of hydrogen-bond donors (Lipinski definition) is 2. The fourth-order valence-electron chi connectivity index (χ4n) is 1.82. The Morgan fingerprint density at radius 3 is 2.38 bits per heavy atom. The molecule has 0 aromatic carbocycles. The standard InChI is InChI=1S/C10H17F3N2O5S/c11-10(12,13)7-14-21(18,19)15-4-1-8(2-5-15)20-6-3-9(16)17/h8,14H,1-7H2,(H,16,17). The van der Waals surface area contributed by atoms with Crippen LogP contribution in [0.4, 0.5) is 13.2 Å². The molecule has 1 aliphatic rings. The number of aliphatic carboxylic acids is 1. The van der Waals surface area contributed by atoms with E-state index in [0.717, 1.165) is 4.31 Å². The first-order chi connectivity index (χ1) is 9.60. The second-order valence-corrected chi connectivity index (χ2v) is 6.31. The summed E-state index contributed by atoms with van der Waals surface area (Å²) in [5.74, 6) is -0.994. The second kappa shape index (κ2) is 7.38. The van der Waals surface area contributed by atoms with Crippen molar-refractivity contribution in [2.24, 2.45) is 0 Å². The summed E-state index contributed by atoms with van der Waals surface area (Å²) in [7, 11) is -4.16. The minimum atomic E-state index is -4.61. The molecule has 7 nitrogen and oxygen atoms in total. The normalized spacial score (nSPS) is 18.8. The van der Waals surface area contributed by atoms with Crippen LogP contribution in [0.3, 0.4) is 0 Å². The molecule has 1 aliphatic heterocycles. The Balaban J connectivity index is 2.36. The fraction of sp³-hybridized carbons (Fsp3) is 0.900. The van der Waals surface area contributed by atoms with Crippen LogP contribution in [0.5, 0.6) is 0 Å². The fourth-order valence-corrected chi connectivity index (χ4v) is 3.04. The van der Waals surface area contributed by atoms with Gasteiger partial charge in [-0.2, -0.15) is 30.6 Å². The predicted octanol–water partition coefficient (Wildman–Crippen LogP) is 0.339. The van der Waals surface area contributed by atoms with Crippen LogP contribution in [0.15, 0.2) is 0 Å². The first kappa shape index (κ1) is 18.1. The molecule has 0 radical (unpaired) electrons. The zero-order valence-corrected chi connectivity index (χ0v) is 11.9. The first-order valence-electron chi connectivity index (χ1n) is 6.25. The Bertz CT molecular complexity index is 446. The second-order valence-electron chi connectivity index (χ2n) is 4.55. The van der Waals surface area contributed by atoms with Crippen molar-refractivity contribution < 1.29 is 36.2 Å². The molecular formula is C10H17F3N2O5S. The minimum absolute atomic E-state index is 0.0269. The summed E-state index contributed by atoms with van der Waals surface area (Å²) in [5.41, 5.74) is 0. The van der Waals surface area contributed by atoms with Gasteiger partial charge in [-0.15, -0.1) is 0 Å². The molecule has 0 amide bonds. The van der Waals surface area contributed by atoms with Crippen LogP contribution < -0.4 is 4.72 Å². The van der Waals surface area contributed by atoms with Gasteiger partial charge in [-0.25, -0.2) is 0 Å². The molecule has 0 saturated carbocycles. The summed E-state index contributed by atoms with van der Waals surface area (Å²) < 4.78 is 67.0. The molecule has 0 bridgehead atoms. The Morgan fingerprint density at radius 1 is 1.33 bits per heavy atom. The van der Waals surface area contributed by atoms with Gasteiger partial charge in [0, 0.05) is 13.1 Å². The van der Waals surface area contributed by atoms with Crippen LogP contribution in [-0.4, -0.2) is 62.3 Å². The maximum atomic E-state index is 12.0. The monoisotopic (exact) mass is 334 g/mol. The van der Waals surface area contributed by atoms with Gasteiger partial charge in [-0.3, -0.25) is 4.79 Å². The average Bonchev–Trinajstić information content (AvgIpc) is 2.36. The Kier molecular flexibility index (Phi) is 6.38. The third kappa shape index (κ3) is 7.07. The predicted molar refractivity (Wildman–Crippen MR) is 65.8 cm³/mol. The van der Waals surface area contributed by atoms with Gasteiger partial charge >= 0.3 is 12.1 Å². The van der Waals surface area contributed by atoms with Crippen LogP contribution in [0.25, 0.3) is 0 Å². The van der Waals surface area contributed by atoms with Crippen LogP contribution >= 0.6 is 0 Å². The Labute approximate surface area is 120 Å². The number of rotatable bonds is 7.